The molecule has 0 unspecified atom stereocenters. The fraction of sp³-hybridized carbons (Fsp3) is 0.167. The van der Waals surface area contributed by atoms with Crippen molar-refractivity contribution in [3.05, 3.63) is 57.0 Å². The maximum Gasteiger partial charge on any atom is 0.417 e. The summed E-state index contributed by atoms with van der Waals surface area (Å²) < 4.78 is 37.4. The van der Waals surface area contributed by atoms with Gasteiger partial charge < -0.3 is 5.32 Å². The van der Waals surface area contributed by atoms with Crippen LogP contribution in [0.4, 0.5) is 24.7 Å². The summed E-state index contributed by atoms with van der Waals surface area (Å²) >= 11 is 5.76. The molecule has 0 saturated heterocycles. The molecule has 0 bridgehead atoms. The van der Waals surface area contributed by atoms with Crippen molar-refractivity contribution in [1.82, 2.24) is 9.97 Å². The van der Waals surface area contributed by atoms with Gasteiger partial charge in [0.05, 0.1) is 27.7 Å². The van der Waals surface area contributed by atoms with Gasteiger partial charge in [0.2, 0.25) is 0 Å². The maximum atomic E-state index is 12.5. The molecule has 0 aliphatic carbocycles. The van der Waals surface area contributed by atoms with Crippen molar-refractivity contribution in [2.75, 3.05) is 5.32 Å². The third kappa shape index (κ3) is 3.82. The van der Waals surface area contributed by atoms with Crippen LogP contribution in [-0.2, 0) is 12.7 Å². The molecule has 0 fully saturated rings. The van der Waals surface area contributed by atoms with E-state index in [1.54, 1.807) is 0 Å². The number of hydrogen-bond acceptors (Lipinski definition) is 5. The fourth-order valence-corrected chi connectivity index (χ4v) is 1.76. The average Bonchev–Trinajstić information content (AvgIpc) is 2.45. The summed E-state index contributed by atoms with van der Waals surface area (Å²) in [6.07, 6.45) is -2.77. The van der Waals surface area contributed by atoms with E-state index in [4.69, 9.17) is 11.6 Å². The lowest BCUT2D eigenvalue weighted by Gasteiger charge is -2.10. The van der Waals surface area contributed by atoms with Gasteiger partial charge >= 0.3 is 6.18 Å². The first-order valence-electron chi connectivity index (χ1n) is 5.83. The average molecular weight is 333 g/mol. The van der Waals surface area contributed by atoms with Crippen molar-refractivity contribution in [3.8, 4) is 0 Å². The van der Waals surface area contributed by atoms with Gasteiger partial charge in [0, 0.05) is 12.3 Å². The van der Waals surface area contributed by atoms with E-state index < -0.39 is 16.7 Å². The van der Waals surface area contributed by atoms with Crippen molar-refractivity contribution in [1.29, 1.82) is 0 Å². The number of alkyl halides is 3. The molecule has 22 heavy (non-hydrogen) atoms. The Bertz CT molecular complexity index is 692. The minimum absolute atomic E-state index is 0.0295. The van der Waals surface area contributed by atoms with Gasteiger partial charge in [-0.25, -0.2) is 4.98 Å². The largest absolute Gasteiger partial charge is 0.417 e. The number of nitro groups is 1. The number of anilines is 1. The molecule has 116 valence electrons. The lowest BCUT2D eigenvalue weighted by molar-refractivity contribution is -0.385. The van der Waals surface area contributed by atoms with Crippen LogP contribution in [0.25, 0.3) is 0 Å². The molecule has 2 rings (SSSR count). The van der Waals surface area contributed by atoms with E-state index in [1.165, 1.54) is 12.1 Å². The molecule has 6 nitrogen and oxygen atoms in total. The number of hydrogen-bond donors (Lipinski definition) is 1. The van der Waals surface area contributed by atoms with Crippen LogP contribution in [0.2, 0.25) is 5.02 Å². The fourth-order valence-electron chi connectivity index (χ4n) is 1.52. The quantitative estimate of drug-likeness (QED) is 0.682. The Kier molecular flexibility index (Phi) is 4.45. The zero-order valence-electron chi connectivity index (χ0n) is 10.8. The molecule has 0 aliphatic rings. The van der Waals surface area contributed by atoms with Crippen molar-refractivity contribution in [3.63, 3.8) is 0 Å². The number of nitrogens with one attached hydrogen (secondary N) is 1. The first-order valence-corrected chi connectivity index (χ1v) is 6.21. The van der Waals surface area contributed by atoms with Gasteiger partial charge in [0.25, 0.3) is 5.69 Å². The summed E-state index contributed by atoms with van der Waals surface area (Å²) in [4.78, 5) is 17.3. The Labute approximate surface area is 127 Å². The predicted molar refractivity (Wildman–Crippen MR) is 72.5 cm³/mol. The lowest BCUT2D eigenvalue weighted by Crippen LogP contribution is -2.09. The summed E-state index contributed by atoms with van der Waals surface area (Å²) in [6.45, 7) is 0.0295. The third-order valence-corrected chi connectivity index (χ3v) is 2.97. The van der Waals surface area contributed by atoms with Crippen LogP contribution in [0, 0.1) is 10.1 Å². The summed E-state index contributed by atoms with van der Waals surface area (Å²) in [7, 11) is 0. The van der Waals surface area contributed by atoms with E-state index in [0.29, 0.717) is 12.0 Å². The molecule has 0 radical (unpaired) electrons. The number of pyridine rings is 2. The molecule has 0 aromatic carbocycles. The molecular weight excluding hydrogens is 325 g/mol. The molecular formula is C12H8ClF3N4O2. The molecule has 0 atom stereocenters. The Morgan fingerprint density at radius 1 is 1.27 bits per heavy atom. The molecule has 2 aromatic heterocycles. The highest BCUT2D eigenvalue weighted by Gasteiger charge is 2.31. The van der Waals surface area contributed by atoms with Gasteiger partial charge in [-0.15, -0.1) is 0 Å². The smallest absolute Gasteiger partial charge is 0.364 e. The van der Waals surface area contributed by atoms with Crippen LogP contribution >= 0.6 is 11.6 Å². The highest BCUT2D eigenvalue weighted by molar-refractivity contribution is 6.31. The van der Waals surface area contributed by atoms with Gasteiger partial charge in [-0.3, -0.25) is 15.1 Å². The minimum Gasteiger partial charge on any atom is -0.364 e. The molecule has 2 aromatic rings. The minimum atomic E-state index is -4.51. The molecule has 1 N–H and O–H groups in total. The summed E-state index contributed by atoms with van der Waals surface area (Å²) in [5, 5.41) is 13.1. The van der Waals surface area contributed by atoms with Crippen LogP contribution in [0.15, 0.2) is 30.6 Å². The SMILES string of the molecule is O=[N+]([O-])c1ccc(NCc2ncc(C(F)(F)F)cc2Cl)nc1. The topological polar surface area (TPSA) is 81.0 Å². The Balaban J connectivity index is 2.07. The molecule has 0 spiro atoms. The molecule has 0 saturated carbocycles. The standard InChI is InChI=1S/C12H8ClF3N4O2/c13-9-3-7(12(14,15)16)4-17-10(9)6-19-11-2-1-8(5-18-11)20(21)22/h1-5H,6H2,(H,18,19). The van der Waals surface area contributed by atoms with Crippen LogP contribution < -0.4 is 5.32 Å². The third-order valence-electron chi connectivity index (χ3n) is 2.64. The van der Waals surface area contributed by atoms with E-state index in [0.717, 1.165) is 12.3 Å². The normalized spacial score (nSPS) is 11.3. The molecule has 2 heterocycles. The first-order chi connectivity index (χ1) is 10.3. The van der Waals surface area contributed by atoms with Crippen molar-refractivity contribution in [2.45, 2.75) is 12.7 Å². The van der Waals surface area contributed by atoms with Crippen LogP contribution in [0.3, 0.4) is 0 Å². The van der Waals surface area contributed by atoms with E-state index >= 15 is 0 Å². The molecule has 10 heteroatoms. The van der Waals surface area contributed by atoms with Crippen LogP contribution in [0.1, 0.15) is 11.3 Å². The monoisotopic (exact) mass is 332 g/mol. The second kappa shape index (κ2) is 6.14. The first kappa shape index (κ1) is 16.0. The van der Waals surface area contributed by atoms with Crippen LogP contribution in [-0.4, -0.2) is 14.9 Å². The van der Waals surface area contributed by atoms with Gasteiger partial charge in [-0.05, 0) is 12.1 Å². The highest BCUT2D eigenvalue weighted by Crippen LogP contribution is 2.31. The van der Waals surface area contributed by atoms with E-state index in [1.807, 2.05) is 0 Å². The Hall–Kier alpha value is -2.42. The second-order valence-corrected chi connectivity index (χ2v) is 4.57. The summed E-state index contributed by atoms with van der Waals surface area (Å²) in [6, 6.07) is 3.40. The van der Waals surface area contributed by atoms with Crippen molar-refractivity contribution in [2.24, 2.45) is 0 Å². The predicted octanol–water partition coefficient (Wildman–Crippen LogP) is 3.67. The number of rotatable bonds is 4. The van der Waals surface area contributed by atoms with Crippen molar-refractivity contribution < 1.29 is 18.1 Å². The van der Waals surface area contributed by atoms with Gasteiger partial charge in [0.1, 0.15) is 12.0 Å². The summed E-state index contributed by atoms with van der Waals surface area (Å²) in [5.41, 5.74) is -0.902. The van der Waals surface area contributed by atoms with Gasteiger partial charge in [-0.1, -0.05) is 11.6 Å². The second-order valence-electron chi connectivity index (χ2n) is 4.16. The molecule has 0 aliphatic heterocycles. The van der Waals surface area contributed by atoms with E-state index in [9.17, 15) is 23.3 Å². The number of nitrogens with zero attached hydrogens (tertiary/aromatic N) is 3. The zero-order valence-corrected chi connectivity index (χ0v) is 11.5. The molecule has 0 amide bonds. The lowest BCUT2D eigenvalue weighted by atomic mass is 10.2. The van der Waals surface area contributed by atoms with Gasteiger partial charge in [0.15, 0.2) is 0 Å². The Morgan fingerprint density at radius 2 is 2.00 bits per heavy atom. The Morgan fingerprint density at radius 3 is 2.50 bits per heavy atom. The summed E-state index contributed by atoms with van der Waals surface area (Å²) in [5.74, 6) is 0.309. The highest BCUT2D eigenvalue weighted by atomic mass is 35.5. The van der Waals surface area contributed by atoms with Crippen LogP contribution in [0.5, 0.6) is 0 Å². The maximum absolute atomic E-state index is 12.5. The zero-order chi connectivity index (χ0) is 16.3. The van der Waals surface area contributed by atoms with Gasteiger partial charge in [-0.2, -0.15) is 13.2 Å². The van der Waals surface area contributed by atoms with E-state index in [2.05, 4.69) is 15.3 Å². The number of halogens is 4. The number of aromatic nitrogens is 2. The van der Waals surface area contributed by atoms with E-state index in [-0.39, 0.29) is 22.9 Å². The van der Waals surface area contributed by atoms with Crippen molar-refractivity contribution >= 4 is 23.1 Å².